The minimum absolute atomic E-state index is 0.0126. The summed E-state index contributed by atoms with van der Waals surface area (Å²) >= 11 is 0. The standard InChI is InChI=1S/C10H12F2O2/c1-14-10-7(3-2-4-13)5-8(11)6-9(10)12/h5-6,13H,2-4H2,1H3. The predicted molar refractivity (Wildman–Crippen MR) is 48.3 cm³/mol. The van der Waals surface area contributed by atoms with Gasteiger partial charge >= 0.3 is 0 Å². The molecule has 0 unspecified atom stereocenters. The highest BCUT2D eigenvalue weighted by atomic mass is 19.1. The molecule has 0 amide bonds. The topological polar surface area (TPSA) is 29.5 Å². The van der Waals surface area contributed by atoms with E-state index in [4.69, 9.17) is 9.84 Å². The minimum atomic E-state index is -0.708. The number of aliphatic hydroxyl groups is 1. The summed E-state index contributed by atoms with van der Waals surface area (Å²) in [4.78, 5) is 0. The molecule has 0 bridgehead atoms. The van der Waals surface area contributed by atoms with Crippen molar-refractivity contribution in [2.24, 2.45) is 0 Å². The first-order valence-corrected chi connectivity index (χ1v) is 4.31. The Balaban J connectivity index is 2.99. The Hall–Kier alpha value is -1.16. The van der Waals surface area contributed by atoms with Crippen LogP contribution in [0.3, 0.4) is 0 Å². The zero-order valence-corrected chi connectivity index (χ0v) is 7.89. The van der Waals surface area contributed by atoms with E-state index in [0.29, 0.717) is 18.4 Å². The Kier molecular flexibility index (Phi) is 3.83. The molecule has 1 aromatic rings. The van der Waals surface area contributed by atoms with Crippen LogP contribution in [0.25, 0.3) is 0 Å². The number of rotatable bonds is 4. The fraction of sp³-hybridized carbons (Fsp3) is 0.400. The second-order valence-electron chi connectivity index (χ2n) is 2.91. The second kappa shape index (κ2) is 4.91. The maximum Gasteiger partial charge on any atom is 0.168 e. The van der Waals surface area contributed by atoms with Gasteiger partial charge in [-0.25, -0.2) is 8.78 Å². The number of aryl methyl sites for hydroxylation is 1. The number of hydrogen-bond acceptors (Lipinski definition) is 2. The lowest BCUT2D eigenvalue weighted by atomic mass is 10.1. The van der Waals surface area contributed by atoms with E-state index in [1.165, 1.54) is 13.2 Å². The number of ether oxygens (including phenoxy) is 1. The molecular formula is C10H12F2O2. The van der Waals surface area contributed by atoms with Crippen LogP contribution in [0.2, 0.25) is 0 Å². The van der Waals surface area contributed by atoms with Crippen molar-refractivity contribution < 1.29 is 18.6 Å². The Bertz CT molecular complexity index is 313. The highest BCUT2D eigenvalue weighted by Gasteiger charge is 2.11. The first-order valence-electron chi connectivity index (χ1n) is 4.31. The highest BCUT2D eigenvalue weighted by Crippen LogP contribution is 2.24. The Morgan fingerprint density at radius 3 is 2.64 bits per heavy atom. The van der Waals surface area contributed by atoms with Gasteiger partial charge in [-0.3, -0.25) is 0 Å². The highest BCUT2D eigenvalue weighted by molar-refractivity contribution is 5.35. The fourth-order valence-corrected chi connectivity index (χ4v) is 1.30. The van der Waals surface area contributed by atoms with Crippen molar-refractivity contribution >= 4 is 0 Å². The van der Waals surface area contributed by atoms with Crippen molar-refractivity contribution in [1.29, 1.82) is 0 Å². The van der Waals surface area contributed by atoms with E-state index in [2.05, 4.69) is 0 Å². The smallest absolute Gasteiger partial charge is 0.168 e. The summed E-state index contributed by atoms with van der Waals surface area (Å²) in [5.41, 5.74) is 0.444. The van der Waals surface area contributed by atoms with Gasteiger partial charge in [0.2, 0.25) is 0 Å². The van der Waals surface area contributed by atoms with E-state index in [1.54, 1.807) is 0 Å². The van der Waals surface area contributed by atoms with Gasteiger partial charge in [-0.2, -0.15) is 0 Å². The molecule has 0 spiro atoms. The monoisotopic (exact) mass is 202 g/mol. The molecular weight excluding hydrogens is 190 g/mol. The molecule has 78 valence electrons. The van der Waals surface area contributed by atoms with E-state index >= 15 is 0 Å². The normalized spacial score (nSPS) is 10.3. The van der Waals surface area contributed by atoms with E-state index in [0.717, 1.165) is 6.07 Å². The SMILES string of the molecule is COc1c(F)cc(F)cc1CCCO. The third-order valence-electron chi connectivity index (χ3n) is 1.89. The van der Waals surface area contributed by atoms with Gasteiger partial charge in [0.25, 0.3) is 0 Å². The van der Waals surface area contributed by atoms with Crippen LogP contribution in [0.4, 0.5) is 8.78 Å². The Morgan fingerprint density at radius 2 is 2.07 bits per heavy atom. The minimum Gasteiger partial charge on any atom is -0.493 e. The molecule has 0 heterocycles. The van der Waals surface area contributed by atoms with Crippen LogP contribution < -0.4 is 4.74 Å². The number of aliphatic hydroxyl groups excluding tert-OH is 1. The van der Waals surface area contributed by atoms with Crippen LogP contribution in [-0.2, 0) is 6.42 Å². The van der Waals surface area contributed by atoms with Crippen LogP contribution in [0.5, 0.6) is 5.75 Å². The number of benzene rings is 1. The van der Waals surface area contributed by atoms with Crippen molar-refractivity contribution in [3.8, 4) is 5.75 Å². The first-order chi connectivity index (χ1) is 6.69. The van der Waals surface area contributed by atoms with Crippen LogP contribution >= 0.6 is 0 Å². The molecule has 0 saturated carbocycles. The number of methoxy groups -OCH3 is 1. The zero-order valence-electron chi connectivity index (χ0n) is 7.89. The van der Waals surface area contributed by atoms with Crippen molar-refractivity contribution in [3.63, 3.8) is 0 Å². The Labute approximate surface area is 81.1 Å². The van der Waals surface area contributed by atoms with Gasteiger partial charge in [-0.15, -0.1) is 0 Å². The molecule has 0 aliphatic carbocycles. The molecule has 1 N–H and O–H groups in total. The van der Waals surface area contributed by atoms with Crippen molar-refractivity contribution in [3.05, 3.63) is 29.3 Å². The molecule has 2 nitrogen and oxygen atoms in total. The molecule has 0 fully saturated rings. The van der Waals surface area contributed by atoms with Gasteiger partial charge in [0, 0.05) is 18.2 Å². The van der Waals surface area contributed by atoms with Crippen LogP contribution in [-0.4, -0.2) is 18.8 Å². The van der Waals surface area contributed by atoms with Gasteiger partial charge in [0.15, 0.2) is 11.6 Å². The summed E-state index contributed by atoms with van der Waals surface area (Å²) in [5, 5.41) is 8.60. The number of halogens is 2. The zero-order chi connectivity index (χ0) is 10.6. The van der Waals surface area contributed by atoms with Crippen molar-refractivity contribution in [1.82, 2.24) is 0 Å². The first kappa shape index (κ1) is 10.9. The van der Waals surface area contributed by atoms with E-state index < -0.39 is 11.6 Å². The fourth-order valence-electron chi connectivity index (χ4n) is 1.30. The molecule has 0 radical (unpaired) electrons. The third kappa shape index (κ3) is 2.42. The molecule has 0 aliphatic heterocycles. The van der Waals surface area contributed by atoms with E-state index in [1.807, 2.05) is 0 Å². The maximum atomic E-state index is 13.1. The molecule has 1 rings (SSSR count). The lowest BCUT2D eigenvalue weighted by Crippen LogP contribution is -1.98. The average Bonchev–Trinajstić information content (AvgIpc) is 2.14. The maximum absolute atomic E-state index is 13.1. The van der Waals surface area contributed by atoms with Crippen LogP contribution in [0.15, 0.2) is 12.1 Å². The molecule has 0 aromatic heterocycles. The van der Waals surface area contributed by atoms with E-state index in [9.17, 15) is 8.78 Å². The van der Waals surface area contributed by atoms with Crippen molar-refractivity contribution in [2.75, 3.05) is 13.7 Å². The quantitative estimate of drug-likeness (QED) is 0.808. The summed E-state index contributed by atoms with van der Waals surface area (Å²) in [5.74, 6) is -1.28. The van der Waals surface area contributed by atoms with Gasteiger partial charge in [0.05, 0.1) is 7.11 Å². The summed E-state index contributed by atoms with van der Waals surface area (Å²) < 4.78 is 30.7. The molecule has 14 heavy (non-hydrogen) atoms. The lowest BCUT2D eigenvalue weighted by Gasteiger charge is -2.08. The molecule has 0 saturated heterocycles. The molecule has 4 heteroatoms. The predicted octanol–water partition coefficient (Wildman–Crippen LogP) is 1.90. The second-order valence-corrected chi connectivity index (χ2v) is 2.91. The summed E-state index contributed by atoms with van der Waals surface area (Å²) in [6.07, 6.45) is 0.855. The summed E-state index contributed by atoms with van der Waals surface area (Å²) in [7, 11) is 1.33. The van der Waals surface area contributed by atoms with Crippen molar-refractivity contribution in [2.45, 2.75) is 12.8 Å². The molecule has 0 aliphatic rings. The van der Waals surface area contributed by atoms with E-state index in [-0.39, 0.29) is 12.4 Å². The molecule has 0 atom stereocenters. The Morgan fingerprint density at radius 1 is 1.36 bits per heavy atom. The summed E-state index contributed by atoms with van der Waals surface area (Å²) in [6.45, 7) is -0.0126. The average molecular weight is 202 g/mol. The largest absolute Gasteiger partial charge is 0.493 e. The van der Waals surface area contributed by atoms with Gasteiger partial charge < -0.3 is 9.84 Å². The van der Waals surface area contributed by atoms with Crippen LogP contribution in [0, 0.1) is 11.6 Å². The summed E-state index contributed by atoms with van der Waals surface area (Å²) in [6, 6.07) is 2.00. The van der Waals surface area contributed by atoms with Gasteiger partial charge in [-0.05, 0) is 18.9 Å². The van der Waals surface area contributed by atoms with Gasteiger partial charge in [0.1, 0.15) is 5.82 Å². The van der Waals surface area contributed by atoms with Crippen LogP contribution in [0.1, 0.15) is 12.0 Å². The lowest BCUT2D eigenvalue weighted by molar-refractivity contribution is 0.287. The number of hydrogen-bond donors (Lipinski definition) is 1. The van der Waals surface area contributed by atoms with Gasteiger partial charge in [-0.1, -0.05) is 0 Å². The molecule has 1 aromatic carbocycles. The third-order valence-corrected chi connectivity index (χ3v) is 1.89.